The van der Waals surface area contributed by atoms with Crippen LogP contribution < -0.4 is 16.6 Å². The fraction of sp³-hybridized carbons (Fsp3) is 0.368. The summed E-state index contributed by atoms with van der Waals surface area (Å²) in [6, 6.07) is -1.73. The number of alkyl halides is 2. The van der Waals surface area contributed by atoms with Crippen LogP contribution in [0.2, 0.25) is 5.02 Å². The van der Waals surface area contributed by atoms with Crippen LogP contribution in [0.5, 0.6) is 0 Å². The molecular weight excluding hydrogens is 447 g/mol. The topological polar surface area (TPSA) is 91.2 Å². The summed E-state index contributed by atoms with van der Waals surface area (Å²) < 4.78 is 69.5. The van der Waals surface area contributed by atoms with Crippen molar-refractivity contribution in [1.29, 1.82) is 0 Å². The van der Waals surface area contributed by atoms with Gasteiger partial charge in [-0.05, 0) is 37.0 Å². The van der Waals surface area contributed by atoms with Gasteiger partial charge in [-0.1, -0.05) is 11.6 Å². The molecule has 2 aromatic rings. The Bertz CT molecular complexity index is 1050. The van der Waals surface area contributed by atoms with E-state index in [1.807, 2.05) is 0 Å². The third kappa shape index (κ3) is 4.67. The van der Waals surface area contributed by atoms with E-state index in [0.717, 1.165) is 6.07 Å². The summed E-state index contributed by atoms with van der Waals surface area (Å²) in [4.78, 5) is 26.9. The first-order valence-corrected chi connectivity index (χ1v) is 9.63. The monoisotopic (exact) mass is 464 g/mol. The molecule has 31 heavy (non-hydrogen) atoms. The number of nitrogen functional groups attached to an aromatic ring is 1. The largest absolute Gasteiger partial charge is 0.384 e. The van der Waals surface area contributed by atoms with Crippen LogP contribution >= 0.6 is 11.6 Å². The van der Waals surface area contributed by atoms with Crippen LogP contribution in [0.4, 0.5) is 27.8 Å². The Hall–Kier alpha value is -2.66. The Labute approximate surface area is 178 Å². The van der Waals surface area contributed by atoms with E-state index in [1.165, 1.54) is 0 Å². The summed E-state index contributed by atoms with van der Waals surface area (Å²) in [6.07, 6.45) is 0.444. The van der Waals surface area contributed by atoms with Gasteiger partial charge in [-0.15, -0.1) is 0 Å². The highest BCUT2D eigenvalue weighted by atomic mass is 35.5. The number of H-pyrrole nitrogens is 1. The third-order valence-corrected chi connectivity index (χ3v) is 5.50. The number of rotatable bonds is 5. The fourth-order valence-corrected chi connectivity index (χ4v) is 3.52. The van der Waals surface area contributed by atoms with Gasteiger partial charge in [0, 0.05) is 19.6 Å². The Kier molecular flexibility index (Phi) is 6.56. The van der Waals surface area contributed by atoms with Crippen molar-refractivity contribution < 1.29 is 26.7 Å². The number of likely N-dealkylation sites (tertiary alicyclic amines) is 1. The minimum Gasteiger partial charge on any atom is -0.384 e. The predicted octanol–water partition coefficient (Wildman–Crippen LogP) is 3.22. The summed E-state index contributed by atoms with van der Waals surface area (Å²) in [5, 5.41) is 2.55. The molecular formula is C19H18ClF5N4O2. The summed E-state index contributed by atoms with van der Waals surface area (Å²) in [5.41, 5.74) is 3.25. The average molecular weight is 465 g/mol. The van der Waals surface area contributed by atoms with E-state index in [4.69, 9.17) is 17.3 Å². The van der Waals surface area contributed by atoms with E-state index in [1.54, 1.807) is 0 Å². The van der Waals surface area contributed by atoms with Gasteiger partial charge in [-0.2, -0.15) is 8.78 Å². The molecule has 0 spiro atoms. The molecule has 168 valence electrons. The smallest absolute Gasteiger partial charge is 0.334 e. The lowest BCUT2D eigenvalue weighted by Crippen LogP contribution is -2.46. The highest BCUT2D eigenvalue weighted by molar-refractivity contribution is 6.33. The maximum Gasteiger partial charge on any atom is 0.334 e. The Morgan fingerprint density at radius 2 is 1.87 bits per heavy atom. The maximum absolute atomic E-state index is 14.7. The number of aromatic nitrogens is 1. The molecule has 4 N–H and O–H groups in total. The van der Waals surface area contributed by atoms with Crippen LogP contribution in [-0.2, 0) is 6.05 Å². The van der Waals surface area contributed by atoms with Gasteiger partial charge >= 0.3 is 6.05 Å². The SMILES string of the molecule is Nc1[nH]c(=O)c(C(=O)NCC2CCN(C(F)(F)c3ccc(F)c(F)c3F)CC2)cc1Cl. The zero-order chi connectivity index (χ0) is 22.9. The van der Waals surface area contributed by atoms with E-state index in [2.05, 4.69) is 10.3 Å². The van der Waals surface area contributed by atoms with Gasteiger partial charge in [0.1, 0.15) is 11.4 Å². The van der Waals surface area contributed by atoms with Crippen molar-refractivity contribution in [2.45, 2.75) is 18.9 Å². The molecule has 2 heterocycles. The summed E-state index contributed by atoms with van der Waals surface area (Å²) in [6.45, 7) is -0.222. The van der Waals surface area contributed by atoms with Crippen LogP contribution in [-0.4, -0.2) is 35.4 Å². The van der Waals surface area contributed by atoms with Crippen LogP contribution in [0.1, 0.15) is 28.8 Å². The molecule has 0 saturated carbocycles. The molecule has 1 aliphatic rings. The van der Waals surface area contributed by atoms with Crippen LogP contribution in [0, 0.1) is 23.4 Å². The molecule has 1 amide bonds. The number of anilines is 1. The maximum atomic E-state index is 14.7. The van der Waals surface area contributed by atoms with E-state index in [9.17, 15) is 31.5 Å². The average Bonchev–Trinajstić information content (AvgIpc) is 2.73. The van der Waals surface area contributed by atoms with Crippen LogP contribution in [0.15, 0.2) is 23.0 Å². The normalized spacial score (nSPS) is 15.8. The van der Waals surface area contributed by atoms with Gasteiger partial charge in [0.2, 0.25) is 0 Å². The zero-order valence-corrected chi connectivity index (χ0v) is 16.7. The van der Waals surface area contributed by atoms with E-state index < -0.39 is 40.5 Å². The van der Waals surface area contributed by atoms with Crippen molar-refractivity contribution in [1.82, 2.24) is 15.2 Å². The van der Waals surface area contributed by atoms with Crippen molar-refractivity contribution in [3.8, 4) is 0 Å². The standard InChI is InChI=1S/C19H18ClF5N4O2/c20-12-7-10(18(31)28-16(12)26)17(30)27-8-9-3-5-29(6-4-9)19(24,25)11-1-2-13(21)15(23)14(11)22/h1-2,7,9H,3-6,8H2,(H,27,30)(H3,26,28,31). The zero-order valence-electron chi connectivity index (χ0n) is 16.0. The quantitative estimate of drug-likeness (QED) is 0.360. The van der Waals surface area contributed by atoms with Gasteiger partial charge in [-0.25, -0.2) is 18.1 Å². The Balaban J connectivity index is 1.60. The molecule has 6 nitrogen and oxygen atoms in total. The number of pyridine rings is 1. The van der Waals surface area contributed by atoms with Crippen molar-refractivity contribution in [2.24, 2.45) is 5.92 Å². The van der Waals surface area contributed by atoms with Crippen molar-refractivity contribution in [3.05, 3.63) is 62.2 Å². The van der Waals surface area contributed by atoms with Gasteiger partial charge in [0.25, 0.3) is 11.5 Å². The Morgan fingerprint density at radius 3 is 2.52 bits per heavy atom. The number of amides is 1. The lowest BCUT2D eigenvalue weighted by Gasteiger charge is -2.37. The predicted molar refractivity (Wildman–Crippen MR) is 103 cm³/mol. The number of nitrogens with zero attached hydrogens (tertiary/aromatic N) is 1. The second-order valence-electron chi connectivity index (χ2n) is 7.18. The van der Waals surface area contributed by atoms with Gasteiger partial charge in [-0.3, -0.25) is 9.59 Å². The fourth-order valence-electron chi connectivity index (χ4n) is 3.37. The molecule has 1 saturated heterocycles. The highest BCUT2D eigenvalue weighted by Gasteiger charge is 2.44. The summed E-state index contributed by atoms with van der Waals surface area (Å²) in [5.74, 6) is -6.38. The number of nitrogens with two attached hydrogens (primary N) is 1. The molecule has 1 aromatic carbocycles. The second kappa shape index (κ2) is 8.83. The first-order valence-electron chi connectivity index (χ1n) is 9.25. The Morgan fingerprint density at radius 1 is 1.23 bits per heavy atom. The third-order valence-electron chi connectivity index (χ3n) is 5.19. The number of hydrogen-bond donors (Lipinski definition) is 3. The number of halogens is 6. The van der Waals surface area contributed by atoms with Crippen molar-refractivity contribution in [2.75, 3.05) is 25.4 Å². The van der Waals surface area contributed by atoms with E-state index in [-0.39, 0.29) is 54.8 Å². The number of hydrogen-bond acceptors (Lipinski definition) is 4. The van der Waals surface area contributed by atoms with Gasteiger partial charge in [0.15, 0.2) is 17.5 Å². The molecule has 3 rings (SSSR count). The highest BCUT2D eigenvalue weighted by Crippen LogP contribution is 2.37. The molecule has 12 heteroatoms. The van der Waals surface area contributed by atoms with Gasteiger partial charge < -0.3 is 16.0 Å². The van der Waals surface area contributed by atoms with Crippen LogP contribution in [0.3, 0.4) is 0 Å². The van der Waals surface area contributed by atoms with Gasteiger partial charge in [0.05, 0.1) is 10.6 Å². The second-order valence-corrected chi connectivity index (χ2v) is 7.59. The molecule has 1 aliphatic heterocycles. The molecule has 1 aromatic heterocycles. The van der Waals surface area contributed by atoms with Crippen LogP contribution in [0.25, 0.3) is 0 Å². The van der Waals surface area contributed by atoms with Crippen molar-refractivity contribution in [3.63, 3.8) is 0 Å². The number of carbonyl (C=O) groups is 1. The number of benzene rings is 1. The minimum absolute atomic E-state index is 0.00440. The molecule has 1 fully saturated rings. The lowest BCUT2D eigenvalue weighted by molar-refractivity contribution is -0.167. The number of piperidine rings is 1. The molecule has 0 unspecified atom stereocenters. The van der Waals surface area contributed by atoms with Crippen molar-refractivity contribution >= 4 is 23.3 Å². The first-order chi connectivity index (χ1) is 14.5. The summed E-state index contributed by atoms with van der Waals surface area (Å²) in [7, 11) is 0. The number of carbonyl (C=O) groups excluding carboxylic acids is 1. The molecule has 0 radical (unpaired) electrons. The van der Waals surface area contributed by atoms with E-state index in [0.29, 0.717) is 17.0 Å². The molecule has 0 aliphatic carbocycles. The minimum atomic E-state index is -3.83. The number of aromatic amines is 1. The molecule has 0 atom stereocenters. The lowest BCUT2D eigenvalue weighted by atomic mass is 9.95. The molecule has 0 bridgehead atoms. The van der Waals surface area contributed by atoms with E-state index >= 15 is 0 Å². The summed E-state index contributed by atoms with van der Waals surface area (Å²) >= 11 is 5.79. The first kappa shape index (κ1) is 23.0. The number of nitrogens with one attached hydrogen (secondary N) is 2.